The zero-order valence-electron chi connectivity index (χ0n) is 25.0. The smallest absolute Gasteiger partial charge is 0.269 e. The average Bonchev–Trinajstić information content (AvgIpc) is 3.37. The highest BCUT2D eigenvalue weighted by atomic mass is 19.1. The number of fused-ring (bicyclic) bond motifs is 2. The minimum Gasteiger partial charge on any atom is -0.493 e. The van der Waals surface area contributed by atoms with Gasteiger partial charge in [-0.2, -0.15) is 0 Å². The maximum Gasteiger partial charge on any atom is 0.269 e. The van der Waals surface area contributed by atoms with E-state index in [4.69, 9.17) is 18.9 Å². The van der Waals surface area contributed by atoms with E-state index < -0.39 is 17.5 Å². The lowest BCUT2D eigenvalue weighted by atomic mass is 10.1. The van der Waals surface area contributed by atoms with Crippen LogP contribution < -0.4 is 14.2 Å². The van der Waals surface area contributed by atoms with Crippen LogP contribution in [0.4, 0.5) is 14.5 Å². The second-order valence-corrected chi connectivity index (χ2v) is 10.6. The average molecular weight is 632 g/mol. The van der Waals surface area contributed by atoms with Crippen molar-refractivity contribution < 1.29 is 37.6 Å². The van der Waals surface area contributed by atoms with Crippen LogP contribution in [0, 0.1) is 11.6 Å². The van der Waals surface area contributed by atoms with Gasteiger partial charge in [0.05, 0.1) is 44.4 Å². The van der Waals surface area contributed by atoms with Gasteiger partial charge in [-0.1, -0.05) is 6.07 Å². The first kappa shape index (κ1) is 30.9. The van der Waals surface area contributed by atoms with Gasteiger partial charge in [0.2, 0.25) is 5.88 Å². The second-order valence-electron chi connectivity index (χ2n) is 10.6. The number of carbonyl (C=O) groups is 1. The Bertz CT molecular complexity index is 1910. The molecule has 3 heterocycles. The Morgan fingerprint density at radius 2 is 1.87 bits per heavy atom. The van der Waals surface area contributed by atoms with Crippen molar-refractivity contribution >= 4 is 33.4 Å². The number of nitrogens with zero attached hydrogens (tertiary/aromatic N) is 4. The second kappa shape index (κ2) is 13.9. The summed E-state index contributed by atoms with van der Waals surface area (Å²) in [5.41, 5.74) is 1.28. The lowest BCUT2D eigenvalue weighted by molar-refractivity contribution is -0.117. The van der Waals surface area contributed by atoms with Gasteiger partial charge in [-0.05, 0) is 54.4 Å². The Labute approximate surface area is 262 Å². The third-order valence-corrected chi connectivity index (χ3v) is 7.51. The number of halogens is 2. The predicted molar refractivity (Wildman–Crippen MR) is 165 cm³/mol. The van der Waals surface area contributed by atoms with E-state index in [1.165, 1.54) is 36.4 Å². The van der Waals surface area contributed by atoms with E-state index in [1.807, 2.05) is 0 Å². The molecule has 0 spiro atoms. The van der Waals surface area contributed by atoms with Gasteiger partial charge in [0, 0.05) is 42.7 Å². The highest BCUT2D eigenvalue weighted by molar-refractivity contribution is 5.94. The van der Waals surface area contributed by atoms with Crippen LogP contribution >= 0.6 is 0 Å². The summed E-state index contributed by atoms with van der Waals surface area (Å²) in [5, 5.41) is 18.4. The number of ether oxygens (including phenoxy) is 4. The summed E-state index contributed by atoms with van der Waals surface area (Å²) in [7, 11) is 1.54. The number of aromatic amines is 1. The number of hydrogen-bond acceptors (Lipinski definition) is 9. The quantitative estimate of drug-likeness (QED) is 0.126. The molecule has 5 aromatic rings. The molecule has 0 saturated carbocycles. The number of amides is 1. The van der Waals surface area contributed by atoms with E-state index in [0.29, 0.717) is 45.8 Å². The van der Waals surface area contributed by atoms with Gasteiger partial charge in [0.15, 0.2) is 28.8 Å². The van der Waals surface area contributed by atoms with Crippen LogP contribution in [0.3, 0.4) is 0 Å². The Kier molecular flexibility index (Phi) is 9.31. The number of rotatable bonds is 11. The van der Waals surface area contributed by atoms with Crippen LogP contribution in [0.2, 0.25) is 0 Å². The minimum atomic E-state index is -0.691. The zero-order chi connectivity index (χ0) is 32.0. The Balaban J connectivity index is 1.11. The van der Waals surface area contributed by atoms with Crippen LogP contribution in [0.25, 0.3) is 21.8 Å². The van der Waals surface area contributed by atoms with Crippen molar-refractivity contribution in [3.63, 3.8) is 0 Å². The molecular formula is C33H31F2N5O6. The first-order chi connectivity index (χ1) is 22.4. The summed E-state index contributed by atoms with van der Waals surface area (Å²) in [5.74, 6) is -0.928. The van der Waals surface area contributed by atoms with Crippen LogP contribution in [0.1, 0.15) is 12.0 Å². The van der Waals surface area contributed by atoms with E-state index in [1.54, 1.807) is 31.5 Å². The van der Waals surface area contributed by atoms with Gasteiger partial charge in [-0.3, -0.25) is 14.7 Å². The van der Waals surface area contributed by atoms with E-state index in [-0.39, 0.29) is 29.1 Å². The molecular weight excluding hydrogens is 600 g/mol. The summed E-state index contributed by atoms with van der Waals surface area (Å²) >= 11 is 0. The van der Waals surface area contributed by atoms with Crippen LogP contribution in [-0.2, 0) is 16.0 Å². The fourth-order valence-corrected chi connectivity index (χ4v) is 5.19. The SMILES string of the molecule is COc1cc2c(Oc3ccc(CC(=O)N=Nc4c(O)[nH]c5ccc(F)cc45)cc3F)ccnc2cc1OCCCN1CCOCC1. The lowest BCUT2D eigenvalue weighted by Gasteiger charge is -2.26. The molecule has 0 unspecified atom stereocenters. The Hall–Kier alpha value is -5.14. The number of H-pyrrole nitrogens is 1. The van der Waals surface area contributed by atoms with E-state index in [9.17, 15) is 14.3 Å². The number of nitrogens with one attached hydrogen (secondary N) is 1. The van der Waals surface area contributed by atoms with Crippen LogP contribution in [0.5, 0.6) is 28.9 Å². The number of methoxy groups -OCH3 is 1. The number of azo groups is 1. The molecule has 0 aliphatic carbocycles. The van der Waals surface area contributed by atoms with Crippen molar-refractivity contribution in [3.8, 4) is 28.9 Å². The topological polar surface area (TPSA) is 131 Å². The number of morpholine rings is 1. The molecule has 0 atom stereocenters. The van der Waals surface area contributed by atoms with Crippen molar-refractivity contribution in [1.29, 1.82) is 0 Å². The molecule has 1 aliphatic rings. The highest BCUT2D eigenvalue weighted by Crippen LogP contribution is 2.38. The third kappa shape index (κ3) is 7.05. The number of carbonyl (C=O) groups excluding carboxylic acids is 1. The fourth-order valence-electron chi connectivity index (χ4n) is 5.19. The molecule has 1 aliphatic heterocycles. The molecule has 238 valence electrons. The van der Waals surface area contributed by atoms with Crippen LogP contribution in [0.15, 0.2) is 71.0 Å². The van der Waals surface area contributed by atoms with Crippen molar-refractivity contribution in [2.75, 3.05) is 46.6 Å². The summed E-state index contributed by atoms with van der Waals surface area (Å²) in [6.07, 6.45) is 2.14. The molecule has 0 bridgehead atoms. The van der Waals surface area contributed by atoms with Crippen molar-refractivity contribution in [3.05, 3.63) is 78.0 Å². The van der Waals surface area contributed by atoms with E-state index in [0.717, 1.165) is 39.3 Å². The predicted octanol–water partition coefficient (Wildman–Crippen LogP) is 6.45. The van der Waals surface area contributed by atoms with Gasteiger partial charge in [-0.25, -0.2) is 8.78 Å². The Morgan fingerprint density at radius 1 is 1.02 bits per heavy atom. The summed E-state index contributed by atoms with van der Waals surface area (Å²) in [6, 6.07) is 13.1. The third-order valence-electron chi connectivity index (χ3n) is 7.51. The molecule has 2 N–H and O–H groups in total. The number of aromatic nitrogens is 2. The molecule has 11 nitrogen and oxygen atoms in total. The van der Waals surface area contributed by atoms with Gasteiger partial charge in [-0.15, -0.1) is 10.2 Å². The largest absolute Gasteiger partial charge is 0.493 e. The summed E-state index contributed by atoms with van der Waals surface area (Å²) < 4.78 is 51.7. The van der Waals surface area contributed by atoms with Gasteiger partial charge >= 0.3 is 0 Å². The van der Waals surface area contributed by atoms with Crippen molar-refractivity contribution in [2.24, 2.45) is 10.2 Å². The number of hydrogen-bond donors (Lipinski definition) is 2. The molecule has 1 amide bonds. The minimum absolute atomic E-state index is 0.0570. The van der Waals surface area contributed by atoms with Gasteiger partial charge < -0.3 is 29.0 Å². The molecule has 3 aromatic carbocycles. The van der Waals surface area contributed by atoms with Gasteiger partial charge in [0.1, 0.15) is 11.6 Å². The van der Waals surface area contributed by atoms with Crippen molar-refractivity contribution in [2.45, 2.75) is 12.8 Å². The van der Waals surface area contributed by atoms with Crippen LogP contribution in [-0.4, -0.2) is 72.4 Å². The molecule has 46 heavy (non-hydrogen) atoms. The standard InChI is InChI=1S/C33H31F2N5O6/c1-43-29-18-22-26(19-30(29)45-12-2-9-40-10-13-44-14-11-40)36-8-7-27(22)46-28-6-3-20(15-24(28)35)16-31(41)38-39-32-23-17-21(34)4-5-25(23)37-33(32)42/h3-8,15,17-19,37,42H,2,9-14,16H2,1H3. The number of pyridine rings is 1. The summed E-state index contributed by atoms with van der Waals surface area (Å²) in [4.78, 5) is 21.9. The fraction of sp³-hybridized carbons (Fsp3) is 0.273. The molecule has 2 aromatic heterocycles. The van der Waals surface area contributed by atoms with Crippen molar-refractivity contribution in [1.82, 2.24) is 14.9 Å². The molecule has 6 rings (SSSR count). The highest BCUT2D eigenvalue weighted by Gasteiger charge is 2.16. The zero-order valence-corrected chi connectivity index (χ0v) is 25.0. The number of aromatic hydroxyl groups is 1. The van der Waals surface area contributed by atoms with E-state index in [2.05, 4.69) is 25.1 Å². The van der Waals surface area contributed by atoms with Gasteiger partial charge in [0.25, 0.3) is 5.91 Å². The first-order valence-corrected chi connectivity index (χ1v) is 14.7. The Morgan fingerprint density at radius 3 is 2.67 bits per heavy atom. The monoisotopic (exact) mass is 631 g/mol. The molecule has 0 radical (unpaired) electrons. The first-order valence-electron chi connectivity index (χ1n) is 14.7. The molecule has 1 saturated heterocycles. The molecule has 13 heteroatoms. The maximum absolute atomic E-state index is 15.1. The summed E-state index contributed by atoms with van der Waals surface area (Å²) in [6.45, 7) is 4.75. The van der Waals surface area contributed by atoms with E-state index >= 15 is 4.39 Å². The maximum atomic E-state index is 15.1. The number of benzene rings is 3. The normalized spacial score (nSPS) is 13.9. The lowest BCUT2D eigenvalue weighted by Crippen LogP contribution is -2.37. The molecule has 1 fully saturated rings.